The second-order valence-corrected chi connectivity index (χ2v) is 6.32. The van der Waals surface area contributed by atoms with Gasteiger partial charge in [0.25, 0.3) is 5.91 Å². The van der Waals surface area contributed by atoms with Crippen molar-refractivity contribution < 1.29 is 19.1 Å². The molecule has 0 saturated heterocycles. The number of methoxy groups -OCH3 is 1. The highest BCUT2D eigenvalue weighted by Crippen LogP contribution is 2.39. The Labute approximate surface area is 167 Å². The third kappa shape index (κ3) is 3.82. The van der Waals surface area contributed by atoms with Crippen molar-refractivity contribution in [3.8, 4) is 5.75 Å². The van der Waals surface area contributed by atoms with E-state index in [1.807, 2.05) is 60.7 Å². The molecular weight excluding hydrogens is 368 g/mol. The standard InChI is InChI=1S/C23H18N2O4/c1-28-23(27)29-17-12-13-19-18(14-17)20(22(26)25-19)21(15-8-4-2-5-9-15)24-16-10-6-3-7-11-16/h2-14,24H,1H3,(H,25,26)/b21-20-. The van der Waals surface area contributed by atoms with Gasteiger partial charge in [-0.3, -0.25) is 4.79 Å². The lowest BCUT2D eigenvalue weighted by molar-refractivity contribution is -0.110. The number of hydrogen-bond acceptors (Lipinski definition) is 5. The van der Waals surface area contributed by atoms with Gasteiger partial charge in [-0.15, -0.1) is 0 Å². The number of carbonyl (C=O) groups excluding carboxylic acids is 2. The van der Waals surface area contributed by atoms with Gasteiger partial charge in [-0.1, -0.05) is 48.5 Å². The average molecular weight is 386 g/mol. The lowest BCUT2D eigenvalue weighted by Crippen LogP contribution is -2.10. The number of benzene rings is 3. The molecule has 0 radical (unpaired) electrons. The van der Waals surface area contributed by atoms with Gasteiger partial charge in [0.1, 0.15) is 5.75 Å². The van der Waals surface area contributed by atoms with E-state index in [-0.39, 0.29) is 11.7 Å². The Morgan fingerprint density at radius 3 is 2.31 bits per heavy atom. The van der Waals surface area contributed by atoms with Crippen LogP contribution in [0.3, 0.4) is 0 Å². The molecule has 0 saturated carbocycles. The fraction of sp³-hybridized carbons (Fsp3) is 0.0435. The minimum atomic E-state index is -0.821. The maximum Gasteiger partial charge on any atom is 0.513 e. The molecule has 0 aliphatic carbocycles. The third-order valence-electron chi connectivity index (χ3n) is 4.46. The molecule has 2 N–H and O–H groups in total. The van der Waals surface area contributed by atoms with E-state index in [1.165, 1.54) is 7.11 Å². The highest BCUT2D eigenvalue weighted by molar-refractivity contribution is 6.37. The molecular formula is C23H18N2O4. The SMILES string of the molecule is COC(=O)Oc1ccc2c(c1)/C(=C(/Nc1ccccc1)c1ccccc1)C(=O)N2. The number of ether oxygens (including phenoxy) is 2. The molecule has 6 heteroatoms. The van der Waals surface area contributed by atoms with Crippen molar-refractivity contribution in [2.45, 2.75) is 0 Å². The fourth-order valence-electron chi connectivity index (χ4n) is 3.15. The van der Waals surface area contributed by atoms with E-state index in [4.69, 9.17) is 4.74 Å². The molecule has 29 heavy (non-hydrogen) atoms. The summed E-state index contributed by atoms with van der Waals surface area (Å²) >= 11 is 0. The van der Waals surface area contributed by atoms with Gasteiger partial charge in [0.2, 0.25) is 0 Å². The molecule has 0 fully saturated rings. The first-order valence-corrected chi connectivity index (χ1v) is 8.99. The summed E-state index contributed by atoms with van der Waals surface area (Å²) in [5, 5.41) is 6.24. The number of rotatable bonds is 4. The van der Waals surface area contributed by atoms with Crippen LogP contribution >= 0.6 is 0 Å². The van der Waals surface area contributed by atoms with E-state index in [1.54, 1.807) is 18.2 Å². The number of para-hydroxylation sites is 1. The number of nitrogens with one attached hydrogen (secondary N) is 2. The van der Waals surface area contributed by atoms with Crippen LogP contribution < -0.4 is 15.4 Å². The van der Waals surface area contributed by atoms with Gasteiger partial charge >= 0.3 is 6.16 Å². The van der Waals surface area contributed by atoms with E-state index in [9.17, 15) is 9.59 Å². The van der Waals surface area contributed by atoms with Crippen LogP contribution in [0.2, 0.25) is 0 Å². The molecule has 0 aromatic heterocycles. The Bertz CT molecular complexity index is 1090. The fourth-order valence-corrected chi connectivity index (χ4v) is 3.15. The zero-order valence-electron chi connectivity index (χ0n) is 15.6. The van der Waals surface area contributed by atoms with Crippen molar-refractivity contribution >= 4 is 34.7 Å². The van der Waals surface area contributed by atoms with Crippen molar-refractivity contribution in [1.82, 2.24) is 0 Å². The van der Waals surface area contributed by atoms with Gasteiger partial charge < -0.3 is 20.1 Å². The summed E-state index contributed by atoms with van der Waals surface area (Å²) in [5.74, 6) is 0.0502. The van der Waals surface area contributed by atoms with E-state index in [2.05, 4.69) is 15.4 Å². The van der Waals surface area contributed by atoms with Crippen LogP contribution in [0.25, 0.3) is 11.3 Å². The van der Waals surface area contributed by atoms with Crippen LogP contribution in [0.1, 0.15) is 11.1 Å². The Hall–Kier alpha value is -4.06. The van der Waals surface area contributed by atoms with Crippen molar-refractivity contribution in [1.29, 1.82) is 0 Å². The first-order valence-electron chi connectivity index (χ1n) is 8.99. The smallest absolute Gasteiger partial charge is 0.437 e. The summed E-state index contributed by atoms with van der Waals surface area (Å²) in [6.45, 7) is 0. The Morgan fingerprint density at radius 1 is 0.931 bits per heavy atom. The maximum atomic E-state index is 12.9. The van der Waals surface area contributed by atoms with Crippen molar-refractivity contribution in [3.05, 3.63) is 90.0 Å². The minimum absolute atomic E-state index is 0.238. The Morgan fingerprint density at radius 2 is 1.62 bits per heavy atom. The number of carbonyl (C=O) groups is 2. The topological polar surface area (TPSA) is 76.7 Å². The monoisotopic (exact) mass is 386 g/mol. The number of anilines is 2. The van der Waals surface area contributed by atoms with Crippen LogP contribution in [0.15, 0.2) is 78.9 Å². The van der Waals surface area contributed by atoms with Gasteiger partial charge in [-0.05, 0) is 35.9 Å². The summed E-state index contributed by atoms with van der Waals surface area (Å²) in [6, 6.07) is 24.2. The quantitative estimate of drug-likeness (QED) is 0.384. The van der Waals surface area contributed by atoms with Gasteiger partial charge in [0.15, 0.2) is 0 Å². The molecule has 0 bridgehead atoms. The van der Waals surface area contributed by atoms with Crippen LogP contribution in [-0.4, -0.2) is 19.2 Å². The summed E-state index contributed by atoms with van der Waals surface area (Å²) in [4.78, 5) is 24.4. The van der Waals surface area contributed by atoms with E-state index < -0.39 is 6.16 Å². The molecule has 1 heterocycles. The highest BCUT2D eigenvalue weighted by atomic mass is 16.7. The predicted octanol–water partition coefficient (Wildman–Crippen LogP) is 4.76. The average Bonchev–Trinajstić information content (AvgIpc) is 3.08. The first kappa shape index (κ1) is 18.3. The summed E-state index contributed by atoms with van der Waals surface area (Å²) in [5.41, 5.74) is 4.11. The minimum Gasteiger partial charge on any atom is -0.437 e. The van der Waals surface area contributed by atoms with Crippen molar-refractivity contribution in [2.75, 3.05) is 17.7 Å². The van der Waals surface area contributed by atoms with Crippen LogP contribution in [-0.2, 0) is 9.53 Å². The van der Waals surface area contributed by atoms with E-state index in [0.717, 1.165) is 11.3 Å². The molecule has 3 aromatic carbocycles. The maximum absolute atomic E-state index is 12.9. The first-order chi connectivity index (χ1) is 14.2. The third-order valence-corrected chi connectivity index (χ3v) is 4.46. The van der Waals surface area contributed by atoms with Crippen LogP contribution in [0, 0.1) is 0 Å². The molecule has 4 rings (SSSR count). The van der Waals surface area contributed by atoms with E-state index in [0.29, 0.717) is 22.5 Å². The number of fused-ring (bicyclic) bond motifs is 1. The summed E-state index contributed by atoms with van der Waals surface area (Å²) < 4.78 is 9.68. The van der Waals surface area contributed by atoms with Crippen molar-refractivity contribution in [2.24, 2.45) is 0 Å². The Balaban J connectivity index is 1.86. The molecule has 1 amide bonds. The summed E-state index contributed by atoms with van der Waals surface area (Å²) in [7, 11) is 1.24. The molecule has 6 nitrogen and oxygen atoms in total. The van der Waals surface area contributed by atoms with Gasteiger partial charge in [0, 0.05) is 16.9 Å². The zero-order valence-corrected chi connectivity index (χ0v) is 15.6. The van der Waals surface area contributed by atoms with Gasteiger partial charge in [0.05, 0.1) is 18.4 Å². The highest BCUT2D eigenvalue weighted by Gasteiger charge is 2.29. The molecule has 0 spiro atoms. The van der Waals surface area contributed by atoms with E-state index >= 15 is 0 Å². The van der Waals surface area contributed by atoms with Crippen LogP contribution in [0.5, 0.6) is 5.75 Å². The molecule has 3 aromatic rings. The Kier molecular flexibility index (Phi) is 4.99. The number of amides is 1. The molecule has 0 atom stereocenters. The van der Waals surface area contributed by atoms with Crippen LogP contribution in [0.4, 0.5) is 16.2 Å². The van der Waals surface area contributed by atoms with Gasteiger partial charge in [-0.25, -0.2) is 4.79 Å². The lowest BCUT2D eigenvalue weighted by atomic mass is 10.00. The lowest BCUT2D eigenvalue weighted by Gasteiger charge is -2.15. The molecule has 0 unspecified atom stereocenters. The zero-order chi connectivity index (χ0) is 20.2. The van der Waals surface area contributed by atoms with Crippen molar-refractivity contribution in [3.63, 3.8) is 0 Å². The second kappa shape index (κ2) is 7.90. The molecule has 1 aliphatic rings. The second-order valence-electron chi connectivity index (χ2n) is 6.32. The predicted molar refractivity (Wildman–Crippen MR) is 111 cm³/mol. The largest absolute Gasteiger partial charge is 0.513 e. The summed E-state index contributed by atoms with van der Waals surface area (Å²) in [6.07, 6.45) is -0.821. The molecule has 1 aliphatic heterocycles. The number of hydrogen-bond donors (Lipinski definition) is 2. The molecule has 144 valence electrons. The van der Waals surface area contributed by atoms with Gasteiger partial charge in [-0.2, -0.15) is 0 Å². The normalized spacial score (nSPS) is 13.9.